The second kappa shape index (κ2) is 12.0. The summed E-state index contributed by atoms with van der Waals surface area (Å²) in [7, 11) is 3.69. The van der Waals surface area contributed by atoms with Crippen LogP contribution in [0.2, 0.25) is 0 Å². The molecule has 0 aromatic carbocycles. The smallest absolute Gasteiger partial charge is 0.191 e. The molecular formula is C13H26IN5O. The summed E-state index contributed by atoms with van der Waals surface area (Å²) >= 11 is 0. The van der Waals surface area contributed by atoms with Crippen molar-refractivity contribution in [3.63, 3.8) is 0 Å². The molecule has 0 atom stereocenters. The van der Waals surface area contributed by atoms with Crippen molar-refractivity contribution >= 4 is 29.9 Å². The quantitative estimate of drug-likeness (QED) is 0.303. The maximum Gasteiger partial charge on any atom is 0.191 e. The number of rotatable bonds is 8. The first-order valence-corrected chi connectivity index (χ1v) is 6.76. The molecule has 1 rings (SSSR count). The molecule has 0 bridgehead atoms. The largest absolute Gasteiger partial charge is 0.382 e. The van der Waals surface area contributed by atoms with E-state index in [1.54, 1.807) is 11.7 Å². The third-order valence-corrected chi connectivity index (χ3v) is 2.65. The number of halogens is 1. The van der Waals surface area contributed by atoms with Crippen LogP contribution in [0, 0.1) is 0 Å². The maximum atomic E-state index is 5.29. The van der Waals surface area contributed by atoms with Crippen molar-refractivity contribution in [2.24, 2.45) is 12.0 Å². The molecular weight excluding hydrogens is 369 g/mol. The number of aryl methyl sites for hydroxylation is 1. The molecule has 6 nitrogen and oxygen atoms in total. The van der Waals surface area contributed by atoms with Crippen molar-refractivity contribution in [1.82, 2.24) is 20.4 Å². The van der Waals surface area contributed by atoms with E-state index in [-0.39, 0.29) is 24.0 Å². The molecule has 0 saturated carbocycles. The van der Waals surface area contributed by atoms with Crippen LogP contribution >= 0.6 is 24.0 Å². The van der Waals surface area contributed by atoms with E-state index in [2.05, 4.69) is 20.7 Å². The van der Waals surface area contributed by atoms with Gasteiger partial charge in [0.1, 0.15) is 0 Å². The minimum absolute atomic E-state index is 0. The fraction of sp³-hybridized carbons (Fsp3) is 0.692. The van der Waals surface area contributed by atoms with Crippen molar-refractivity contribution in [3.05, 3.63) is 18.0 Å². The Kier molecular flexibility index (Phi) is 11.5. The lowest BCUT2D eigenvalue weighted by Crippen LogP contribution is -2.37. The number of aromatic nitrogens is 2. The van der Waals surface area contributed by atoms with E-state index in [9.17, 15) is 0 Å². The number of hydrogen-bond acceptors (Lipinski definition) is 3. The van der Waals surface area contributed by atoms with Gasteiger partial charge in [0.2, 0.25) is 0 Å². The van der Waals surface area contributed by atoms with Crippen molar-refractivity contribution in [1.29, 1.82) is 0 Å². The van der Waals surface area contributed by atoms with Crippen molar-refractivity contribution in [3.8, 4) is 0 Å². The summed E-state index contributed by atoms with van der Waals surface area (Å²) in [6.07, 6.45) is 5.98. The molecule has 116 valence electrons. The standard InChI is InChI=1S/C13H25N5O.HI/c1-4-19-8-6-5-7-15-13(14-2)16-9-12-10-17-18(3)11-12;/h10-11H,4-9H2,1-3H3,(H2,14,15,16);1H. The highest BCUT2D eigenvalue weighted by atomic mass is 127. The summed E-state index contributed by atoms with van der Waals surface area (Å²) in [4.78, 5) is 4.18. The minimum Gasteiger partial charge on any atom is -0.382 e. The monoisotopic (exact) mass is 395 g/mol. The molecule has 0 fully saturated rings. The van der Waals surface area contributed by atoms with Gasteiger partial charge in [-0.25, -0.2) is 0 Å². The van der Waals surface area contributed by atoms with Gasteiger partial charge in [0.25, 0.3) is 0 Å². The van der Waals surface area contributed by atoms with Gasteiger partial charge in [-0.1, -0.05) is 0 Å². The second-order valence-corrected chi connectivity index (χ2v) is 4.28. The lowest BCUT2D eigenvalue weighted by Gasteiger charge is -2.11. The Bertz CT molecular complexity index is 381. The van der Waals surface area contributed by atoms with E-state index in [4.69, 9.17) is 4.74 Å². The molecule has 20 heavy (non-hydrogen) atoms. The lowest BCUT2D eigenvalue weighted by atomic mass is 10.3. The Balaban J connectivity index is 0.00000361. The SMILES string of the molecule is CCOCCCCNC(=NC)NCc1cnn(C)c1.I. The van der Waals surface area contributed by atoms with Gasteiger partial charge in [-0.15, -0.1) is 24.0 Å². The van der Waals surface area contributed by atoms with Gasteiger partial charge in [0.05, 0.1) is 6.20 Å². The van der Waals surface area contributed by atoms with E-state index >= 15 is 0 Å². The van der Waals surface area contributed by atoms with Crippen LogP contribution in [0.25, 0.3) is 0 Å². The number of hydrogen-bond donors (Lipinski definition) is 2. The number of nitrogens with one attached hydrogen (secondary N) is 2. The first kappa shape index (κ1) is 19.2. The van der Waals surface area contributed by atoms with Crippen LogP contribution in [0.15, 0.2) is 17.4 Å². The highest BCUT2D eigenvalue weighted by Gasteiger charge is 1.99. The fourth-order valence-electron chi connectivity index (χ4n) is 1.65. The summed E-state index contributed by atoms with van der Waals surface area (Å²) in [6, 6.07) is 0. The number of ether oxygens (including phenoxy) is 1. The molecule has 0 radical (unpaired) electrons. The van der Waals surface area contributed by atoms with Crippen LogP contribution in [0.5, 0.6) is 0 Å². The first-order chi connectivity index (χ1) is 9.26. The van der Waals surface area contributed by atoms with Crippen molar-refractivity contribution in [2.75, 3.05) is 26.8 Å². The first-order valence-electron chi connectivity index (χ1n) is 6.76. The zero-order valence-electron chi connectivity index (χ0n) is 12.6. The molecule has 0 unspecified atom stereocenters. The summed E-state index contributed by atoms with van der Waals surface area (Å²) in [5, 5.41) is 10.7. The highest BCUT2D eigenvalue weighted by molar-refractivity contribution is 14.0. The fourth-order valence-corrected chi connectivity index (χ4v) is 1.65. The van der Waals surface area contributed by atoms with Crippen molar-refractivity contribution in [2.45, 2.75) is 26.3 Å². The number of aliphatic imine (C=N–C) groups is 1. The molecule has 0 saturated heterocycles. The summed E-state index contributed by atoms with van der Waals surface area (Å²) in [5.41, 5.74) is 1.14. The zero-order valence-corrected chi connectivity index (χ0v) is 14.9. The van der Waals surface area contributed by atoms with E-state index < -0.39 is 0 Å². The van der Waals surface area contributed by atoms with Crippen LogP contribution in [-0.2, 0) is 18.3 Å². The maximum absolute atomic E-state index is 5.29. The average Bonchev–Trinajstić information content (AvgIpc) is 2.83. The predicted octanol–water partition coefficient (Wildman–Crippen LogP) is 1.52. The van der Waals surface area contributed by atoms with Gasteiger partial charge >= 0.3 is 0 Å². The molecule has 0 aliphatic rings. The van der Waals surface area contributed by atoms with E-state index in [1.807, 2.05) is 26.4 Å². The molecule has 2 N–H and O–H groups in total. The van der Waals surface area contributed by atoms with Crippen LogP contribution < -0.4 is 10.6 Å². The third kappa shape index (κ3) is 8.36. The molecule has 0 aliphatic heterocycles. The Morgan fingerprint density at radius 1 is 1.40 bits per heavy atom. The summed E-state index contributed by atoms with van der Waals surface area (Å²) < 4.78 is 7.08. The molecule has 1 aromatic heterocycles. The third-order valence-electron chi connectivity index (χ3n) is 2.65. The van der Waals surface area contributed by atoms with E-state index in [1.165, 1.54) is 0 Å². The van der Waals surface area contributed by atoms with Gasteiger partial charge in [-0.2, -0.15) is 5.10 Å². The van der Waals surface area contributed by atoms with Gasteiger partial charge < -0.3 is 15.4 Å². The Morgan fingerprint density at radius 2 is 2.20 bits per heavy atom. The van der Waals surface area contributed by atoms with E-state index in [0.717, 1.165) is 50.7 Å². The topological polar surface area (TPSA) is 63.5 Å². The number of nitrogens with zero attached hydrogens (tertiary/aromatic N) is 3. The lowest BCUT2D eigenvalue weighted by molar-refractivity contribution is 0.143. The Labute approximate surface area is 138 Å². The predicted molar refractivity (Wildman–Crippen MR) is 92.6 cm³/mol. The second-order valence-electron chi connectivity index (χ2n) is 4.28. The van der Waals surface area contributed by atoms with Crippen LogP contribution in [-0.4, -0.2) is 42.5 Å². The number of guanidine groups is 1. The van der Waals surface area contributed by atoms with E-state index in [0.29, 0.717) is 0 Å². The van der Waals surface area contributed by atoms with Gasteiger partial charge in [0, 0.05) is 52.2 Å². The molecule has 7 heteroatoms. The average molecular weight is 395 g/mol. The molecule has 0 spiro atoms. The molecule has 0 aliphatic carbocycles. The minimum atomic E-state index is 0. The number of unbranched alkanes of at least 4 members (excludes halogenated alkanes) is 1. The van der Waals surface area contributed by atoms with Crippen LogP contribution in [0.1, 0.15) is 25.3 Å². The van der Waals surface area contributed by atoms with Crippen LogP contribution in [0.3, 0.4) is 0 Å². The van der Waals surface area contributed by atoms with Gasteiger partial charge in [0.15, 0.2) is 5.96 Å². The summed E-state index contributed by atoms with van der Waals surface area (Å²) in [5.74, 6) is 0.820. The molecule has 0 amide bonds. The zero-order chi connectivity index (χ0) is 13.9. The Hall–Kier alpha value is -0.830. The van der Waals surface area contributed by atoms with Gasteiger partial charge in [-0.3, -0.25) is 9.67 Å². The van der Waals surface area contributed by atoms with Crippen molar-refractivity contribution < 1.29 is 4.74 Å². The normalized spacial score (nSPS) is 11.1. The van der Waals surface area contributed by atoms with Gasteiger partial charge in [-0.05, 0) is 19.8 Å². The summed E-state index contributed by atoms with van der Waals surface area (Å²) in [6.45, 7) is 5.27. The highest BCUT2D eigenvalue weighted by Crippen LogP contribution is 1.94. The Morgan fingerprint density at radius 3 is 2.80 bits per heavy atom. The molecule has 1 heterocycles. The van der Waals surface area contributed by atoms with Crippen LogP contribution in [0.4, 0.5) is 0 Å². The molecule has 1 aromatic rings.